The Balaban J connectivity index is 1.59. The number of nitrogens with zero attached hydrogens (tertiary/aromatic N) is 2. The zero-order valence-corrected chi connectivity index (χ0v) is 10.2. The monoisotopic (exact) mass is 223 g/mol. The summed E-state index contributed by atoms with van der Waals surface area (Å²) in [5.41, 5.74) is 0. The number of hydrogen-bond donors (Lipinski definition) is 1. The number of hydrogen-bond acceptors (Lipinski definition) is 4. The largest absolute Gasteiger partial charge is 0.340 e. The van der Waals surface area contributed by atoms with Crippen LogP contribution in [-0.2, 0) is 6.42 Å². The van der Waals surface area contributed by atoms with E-state index >= 15 is 0 Å². The highest BCUT2D eigenvalue weighted by molar-refractivity contribution is 4.85. The predicted octanol–water partition coefficient (Wildman–Crippen LogP) is 2.09. The SMILES string of the molecule is Cc1nc(CCNC(C)CC2CCC2)no1. The van der Waals surface area contributed by atoms with E-state index in [-0.39, 0.29) is 0 Å². The van der Waals surface area contributed by atoms with Crippen molar-refractivity contribution >= 4 is 0 Å². The van der Waals surface area contributed by atoms with Crippen LogP contribution < -0.4 is 5.32 Å². The highest BCUT2D eigenvalue weighted by Gasteiger charge is 2.19. The molecular formula is C12H21N3O. The van der Waals surface area contributed by atoms with Crippen LogP contribution in [-0.4, -0.2) is 22.7 Å². The van der Waals surface area contributed by atoms with Gasteiger partial charge in [-0.1, -0.05) is 24.4 Å². The van der Waals surface area contributed by atoms with E-state index < -0.39 is 0 Å². The maximum Gasteiger partial charge on any atom is 0.223 e. The van der Waals surface area contributed by atoms with Crippen molar-refractivity contribution in [1.82, 2.24) is 15.5 Å². The molecule has 1 N–H and O–H groups in total. The first-order chi connectivity index (χ1) is 7.74. The van der Waals surface area contributed by atoms with Crippen LogP contribution in [0.25, 0.3) is 0 Å². The van der Waals surface area contributed by atoms with Gasteiger partial charge in [0.25, 0.3) is 0 Å². The van der Waals surface area contributed by atoms with Gasteiger partial charge in [-0.2, -0.15) is 4.98 Å². The van der Waals surface area contributed by atoms with Crippen LogP contribution >= 0.6 is 0 Å². The van der Waals surface area contributed by atoms with Crippen LogP contribution in [0.5, 0.6) is 0 Å². The molecule has 0 amide bonds. The van der Waals surface area contributed by atoms with E-state index in [2.05, 4.69) is 22.4 Å². The third-order valence-corrected chi connectivity index (χ3v) is 3.32. The summed E-state index contributed by atoms with van der Waals surface area (Å²) in [7, 11) is 0. The van der Waals surface area contributed by atoms with E-state index in [1.54, 1.807) is 0 Å². The van der Waals surface area contributed by atoms with Gasteiger partial charge in [-0.25, -0.2) is 0 Å². The predicted molar refractivity (Wildman–Crippen MR) is 62.2 cm³/mol. The van der Waals surface area contributed by atoms with E-state index in [1.807, 2.05) is 6.92 Å². The molecule has 1 heterocycles. The van der Waals surface area contributed by atoms with Crippen LogP contribution in [0.2, 0.25) is 0 Å². The first-order valence-electron chi connectivity index (χ1n) is 6.26. The highest BCUT2D eigenvalue weighted by Crippen LogP contribution is 2.30. The van der Waals surface area contributed by atoms with Gasteiger partial charge in [-0.05, 0) is 19.3 Å². The summed E-state index contributed by atoms with van der Waals surface area (Å²) < 4.78 is 4.92. The summed E-state index contributed by atoms with van der Waals surface area (Å²) in [5.74, 6) is 2.42. The Kier molecular flexibility index (Phi) is 3.93. The van der Waals surface area contributed by atoms with Gasteiger partial charge in [0.2, 0.25) is 5.89 Å². The second-order valence-corrected chi connectivity index (χ2v) is 4.87. The normalized spacial score (nSPS) is 18.4. The van der Waals surface area contributed by atoms with Gasteiger partial charge >= 0.3 is 0 Å². The van der Waals surface area contributed by atoms with Gasteiger partial charge in [0.1, 0.15) is 0 Å². The zero-order valence-electron chi connectivity index (χ0n) is 10.2. The summed E-state index contributed by atoms with van der Waals surface area (Å²) in [6, 6.07) is 0.610. The van der Waals surface area contributed by atoms with Gasteiger partial charge < -0.3 is 9.84 Å². The lowest BCUT2D eigenvalue weighted by Crippen LogP contribution is -2.31. The van der Waals surface area contributed by atoms with Crippen LogP contribution in [0.3, 0.4) is 0 Å². The zero-order chi connectivity index (χ0) is 11.4. The molecule has 1 aromatic heterocycles. The maximum absolute atomic E-state index is 4.92. The molecule has 0 aromatic carbocycles. The number of nitrogens with one attached hydrogen (secondary N) is 1. The molecule has 0 saturated heterocycles. The molecule has 1 aliphatic rings. The van der Waals surface area contributed by atoms with Gasteiger partial charge in [0.15, 0.2) is 5.82 Å². The minimum atomic E-state index is 0.610. The van der Waals surface area contributed by atoms with Crippen molar-refractivity contribution in [3.05, 3.63) is 11.7 Å². The molecule has 1 atom stereocenters. The lowest BCUT2D eigenvalue weighted by atomic mass is 9.81. The molecule has 1 unspecified atom stereocenters. The minimum Gasteiger partial charge on any atom is -0.340 e. The lowest BCUT2D eigenvalue weighted by molar-refractivity contribution is 0.266. The smallest absolute Gasteiger partial charge is 0.223 e. The molecule has 4 nitrogen and oxygen atoms in total. The Bertz CT molecular complexity index is 320. The summed E-state index contributed by atoms with van der Waals surface area (Å²) in [6.45, 7) is 5.02. The van der Waals surface area contributed by atoms with Crippen molar-refractivity contribution in [1.29, 1.82) is 0 Å². The second kappa shape index (κ2) is 5.43. The van der Waals surface area contributed by atoms with Crippen molar-refractivity contribution in [3.8, 4) is 0 Å². The van der Waals surface area contributed by atoms with E-state index in [4.69, 9.17) is 4.52 Å². The summed E-state index contributed by atoms with van der Waals surface area (Å²) >= 11 is 0. The molecule has 1 saturated carbocycles. The Labute approximate surface area is 96.8 Å². The fourth-order valence-electron chi connectivity index (χ4n) is 2.19. The van der Waals surface area contributed by atoms with Gasteiger partial charge in [-0.3, -0.25) is 0 Å². The van der Waals surface area contributed by atoms with Crippen LogP contribution in [0.15, 0.2) is 4.52 Å². The standard InChI is InChI=1S/C12H21N3O/c1-9(8-11-4-3-5-11)13-7-6-12-14-10(2)16-15-12/h9,11,13H,3-8H2,1-2H3. The summed E-state index contributed by atoms with van der Waals surface area (Å²) in [6.07, 6.45) is 6.45. The molecule has 16 heavy (non-hydrogen) atoms. The molecule has 0 radical (unpaired) electrons. The van der Waals surface area contributed by atoms with Gasteiger partial charge in [0.05, 0.1) is 0 Å². The molecule has 1 aliphatic carbocycles. The molecule has 90 valence electrons. The van der Waals surface area contributed by atoms with Crippen molar-refractivity contribution in [2.75, 3.05) is 6.54 Å². The van der Waals surface area contributed by atoms with Gasteiger partial charge in [0, 0.05) is 25.9 Å². The lowest BCUT2D eigenvalue weighted by Gasteiger charge is -2.28. The van der Waals surface area contributed by atoms with E-state index in [1.165, 1.54) is 25.7 Å². The molecule has 4 heteroatoms. The van der Waals surface area contributed by atoms with Crippen molar-refractivity contribution in [2.45, 2.75) is 52.0 Å². The number of rotatable bonds is 6. The quantitative estimate of drug-likeness (QED) is 0.802. The van der Waals surface area contributed by atoms with E-state index in [0.29, 0.717) is 11.9 Å². The maximum atomic E-state index is 4.92. The fraction of sp³-hybridized carbons (Fsp3) is 0.833. The molecule has 0 aliphatic heterocycles. The number of aryl methyl sites for hydroxylation is 1. The van der Waals surface area contributed by atoms with Crippen molar-refractivity contribution < 1.29 is 4.52 Å². The minimum absolute atomic E-state index is 0.610. The van der Waals surface area contributed by atoms with Crippen molar-refractivity contribution in [3.63, 3.8) is 0 Å². The first kappa shape index (κ1) is 11.6. The molecule has 1 aromatic rings. The Morgan fingerprint density at radius 2 is 2.31 bits per heavy atom. The molecule has 0 spiro atoms. The van der Waals surface area contributed by atoms with E-state index in [0.717, 1.165) is 24.7 Å². The molecule has 0 bridgehead atoms. The highest BCUT2D eigenvalue weighted by atomic mass is 16.5. The van der Waals surface area contributed by atoms with Crippen molar-refractivity contribution in [2.24, 2.45) is 5.92 Å². The number of aromatic nitrogens is 2. The Morgan fingerprint density at radius 3 is 2.88 bits per heavy atom. The first-order valence-corrected chi connectivity index (χ1v) is 6.26. The third-order valence-electron chi connectivity index (χ3n) is 3.32. The molecule has 2 rings (SSSR count). The average Bonchev–Trinajstić information content (AvgIpc) is 2.58. The van der Waals surface area contributed by atoms with E-state index in [9.17, 15) is 0 Å². The van der Waals surface area contributed by atoms with Crippen LogP contribution in [0.1, 0.15) is 44.3 Å². The topological polar surface area (TPSA) is 51.0 Å². The Morgan fingerprint density at radius 1 is 1.50 bits per heavy atom. The van der Waals surface area contributed by atoms with Gasteiger partial charge in [-0.15, -0.1) is 0 Å². The van der Waals surface area contributed by atoms with Crippen LogP contribution in [0.4, 0.5) is 0 Å². The molecule has 1 fully saturated rings. The second-order valence-electron chi connectivity index (χ2n) is 4.87. The average molecular weight is 223 g/mol. The fourth-order valence-corrected chi connectivity index (χ4v) is 2.19. The summed E-state index contributed by atoms with van der Waals surface area (Å²) in [5, 5.41) is 7.39. The Hall–Kier alpha value is -0.900. The molecular weight excluding hydrogens is 202 g/mol. The summed E-state index contributed by atoms with van der Waals surface area (Å²) in [4.78, 5) is 4.18. The third kappa shape index (κ3) is 3.30. The van der Waals surface area contributed by atoms with Crippen LogP contribution in [0, 0.1) is 12.8 Å².